The SMILES string of the molecule is O=C(Cn1cccc([N+](=O)[O-])c1=O)C1CCCC1. The first-order valence-corrected chi connectivity index (χ1v) is 5.96. The maximum Gasteiger partial charge on any atom is 0.334 e. The zero-order valence-electron chi connectivity index (χ0n) is 9.87. The van der Waals surface area contributed by atoms with Crippen LogP contribution in [-0.2, 0) is 11.3 Å². The third kappa shape index (κ3) is 2.47. The largest absolute Gasteiger partial charge is 0.334 e. The highest BCUT2D eigenvalue weighted by molar-refractivity contribution is 5.81. The highest BCUT2D eigenvalue weighted by Gasteiger charge is 2.23. The number of Topliss-reactive ketones (excluding diaryl/α,β-unsaturated/α-hetero) is 1. The van der Waals surface area contributed by atoms with E-state index in [0.717, 1.165) is 36.3 Å². The Morgan fingerprint density at radius 3 is 2.72 bits per heavy atom. The van der Waals surface area contributed by atoms with E-state index < -0.39 is 16.2 Å². The molecule has 1 aliphatic carbocycles. The minimum absolute atomic E-state index is 0.00454. The maximum absolute atomic E-state index is 11.9. The zero-order valence-corrected chi connectivity index (χ0v) is 9.87. The smallest absolute Gasteiger partial charge is 0.302 e. The zero-order chi connectivity index (χ0) is 13.1. The van der Waals surface area contributed by atoms with Crippen LogP contribution in [0.3, 0.4) is 0 Å². The minimum atomic E-state index is -0.723. The molecule has 0 N–H and O–H groups in total. The molecule has 0 amide bonds. The average molecular weight is 250 g/mol. The predicted molar refractivity (Wildman–Crippen MR) is 64.3 cm³/mol. The minimum Gasteiger partial charge on any atom is -0.302 e. The van der Waals surface area contributed by atoms with Gasteiger partial charge in [0.1, 0.15) is 0 Å². The normalized spacial score (nSPS) is 15.8. The summed E-state index contributed by atoms with van der Waals surface area (Å²) in [6.45, 7) is -0.0643. The summed E-state index contributed by atoms with van der Waals surface area (Å²) in [6.07, 6.45) is 5.23. The number of nitro groups is 1. The molecule has 0 spiro atoms. The number of pyridine rings is 1. The molecular formula is C12H14N2O4. The Morgan fingerprint density at radius 2 is 2.11 bits per heavy atom. The molecule has 0 saturated heterocycles. The fourth-order valence-electron chi connectivity index (χ4n) is 2.33. The van der Waals surface area contributed by atoms with Gasteiger partial charge in [0, 0.05) is 18.2 Å². The Hall–Kier alpha value is -1.98. The van der Waals surface area contributed by atoms with E-state index >= 15 is 0 Å². The number of nitrogens with zero attached hydrogens (tertiary/aromatic N) is 2. The van der Waals surface area contributed by atoms with Crippen LogP contribution in [0.1, 0.15) is 25.7 Å². The van der Waals surface area contributed by atoms with Crippen molar-refractivity contribution in [2.75, 3.05) is 0 Å². The van der Waals surface area contributed by atoms with E-state index in [9.17, 15) is 19.7 Å². The van der Waals surface area contributed by atoms with E-state index in [1.807, 2.05) is 0 Å². The molecule has 0 radical (unpaired) electrons. The Balaban J connectivity index is 2.19. The van der Waals surface area contributed by atoms with Crippen LogP contribution < -0.4 is 5.56 Å². The third-order valence-corrected chi connectivity index (χ3v) is 3.33. The summed E-state index contributed by atoms with van der Waals surface area (Å²) < 4.78 is 1.12. The van der Waals surface area contributed by atoms with Gasteiger partial charge in [-0.05, 0) is 18.9 Å². The molecule has 2 rings (SSSR count). The van der Waals surface area contributed by atoms with Crippen LogP contribution in [0.15, 0.2) is 23.1 Å². The van der Waals surface area contributed by atoms with Crippen molar-refractivity contribution in [3.05, 3.63) is 38.8 Å². The first-order chi connectivity index (χ1) is 8.59. The van der Waals surface area contributed by atoms with Crippen molar-refractivity contribution in [3.63, 3.8) is 0 Å². The Bertz CT molecular complexity index is 529. The van der Waals surface area contributed by atoms with Crippen molar-refractivity contribution in [2.24, 2.45) is 5.92 Å². The molecule has 1 heterocycles. The van der Waals surface area contributed by atoms with E-state index in [4.69, 9.17) is 0 Å². The van der Waals surface area contributed by atoms with Gasteiger partial charge in [-0.15, -0.1) is 0 Å². The van der Waals surface area contributed by atoms with Gasteiger partial charge in [0.15, 0.2) is 5.78 Å². The molecular weight excluding hydrogens is 236 g/mol. The fraction of sp³-hybridized carbons (Fsp3) is 0.500. The average Bonchev–Trinajstić information content (AvgIpc) is 2.85. The lowest BCUT2D eigenvalue weighted by Crippen LogP contribution is -2.27. The summed E-state index contributed by atoms with van der Waals surface area (Å²) >= 11 is 0. The number of hydrogen-bond acceptors (Lipinski definition) is 4. The predicted octanol–water partition coefficient (Wildman–Crippen LogP) is 1.52. The quantitative estimate of drug-likeness (QED) is 0.599. The van der Waals surface area contributed by atoms with Crippen molar-refractivity contribution in [1.82, 2.24) is 4.57 Å². The van der Waals surface area contributed by atoms with Gasteiger partial charge in [-0.3, -0.25) is 19.7 Å². The number of carbonyl (C=O) groups is 1. The summed E-state index contributed by atoms with van der Waals surface area (Å²) in [5.41, 5.74) is -1.20. The van der Waals surface area contributed by atoms with Crippen molar-refractivity contribution in [2.45, 2.75) is 32.2 Å². The lowest BCUT2D eigenvalue weighted by atomic mass is 10.0. The molecule has 1 saturated carbocycles. The number of rotatable bonds is 4. The topological polar surface area (TPSA) is 82.2 Å². The summed E-state index contributed by atoms with van der Waals surface area (Å²) in [4.78, 5) is 33.5. The summed E-state index contributed by atoms with van der Waals surface area (Å²) in [5, 5.41) is 10.6. The van der Waals surface area contributed by atoms with Gasteiger partial charge in [-0.1, -0.05) is 12.8 Å². The first kappa shape index (κ1) is 12.5. The van der Waals surface area contributed by atoms with Crippen LogP contribution >= 0.6 is 0 Å². The van der Waals surface area contributed by atoms with Crippen LogP contribution in [-0.4, -0.2) is 15.3 Å². The van der Waals surface area contributed by atoms with Gasteiger partial charge in [0.25, 0.3) is 0 Å². The molecule has 0 atom stereocenters. The Labute approximate surface area is 103 Å². The summed E-state index contributed by atoms with van der Waals surface area (Å²) in [7, 11) is 0. The van der Waals surface area contributed by atoms with Gasteiger partial charge in [0.2, 0.25) is 0 Å². The fourth-order valence-corrected chi connectivity index (χ4v) is 2.33. The molecule has 6 nitrogen and oxygen atoms in total. The second-order valence-electron chi connectivity index (χ2n) is 4.53. The van der Waals surface area contributed by atoms with Crippen LogP contribution in [0.4, 0.5) is 5.69 Å². The Morgan fingerprint density at radius 1 is 1.44 bits per heavy atom. The third-order valence-electron chi connectivity index (χ3n) is 3.33. The standard InChI is InChI=1S/C12H14N2O4/c15-11(9-4-1-2-5-9)8-13-7-3-6-10(12(13)16)14(17)18/h3,6-7,9H,1-2,4-5,8H2. The molecule has 1 aromatic rings. The second-order valence-corrected chi connectivity index (χ2v) is 4.53. The monoisotopic (exact) mass is 250 g/mol. The molecule has 0 aliphatic heterocycles. The van der Waals surface area contributed by atoms with Gasteiger partial charge >= 0.3 is 11.2 Å². The molecule has 0 bridgehead atoms. The van der Waals surface area contributed by atoms with Crippen LogP contribution in [0.5, 0.6) is 0 Å². The van der Waals surface area contributed by atoms with Crippen molar-refractivity contribution < 1.29 is 9.72 Å². The van der Waals surface area contributed by atoms with Gasteiger partial charge < -0.3 is 4.57 Å². The van der Waals surface area contributed by atoms with Crippen LogP contribution in [0.25, 0.3) is 0 Å². The summed E-state index contributed by atoms with van der Waals surface area (Å²) in [5.74, 6) is 0.00580. The van der Waals surface area contributed by atoms with E-state index in [-0.39, 0.29) is 18.2 Å². The van der Waals surface area contributed by atoms with E-state index in [1.165, 1.54) is 12.3 Å². The first-order valence-electron chi connectivity index (χ1n) is 5.96. The lowest BCUT2D eigenvalue weighted by Gasteiger charge is -2.09. The van der Waals surface area contributed by atoms with Crippen LogP contribution in [0, 0.1) is 16.0 Å². The van der Waals surface area contributed by atoms with E-state index in [0.29, 0.717) is 0 Å². The summed E-state index contributed by atoms with van der Waals surface area (Å²) in [6, 6.07) is 2.57. The number of ketones is 1. The number of carbonyl (C=O) groups excluding carboxylic acids is 1. The molecule has 0 aromatic carbocycles. The van der Waals surface area contributed by atoms with E-state index in [2.05, 4.69) is 0 Å². The highest BCUT2D eigenvalue weighted by Crippen LogP contribution is 2.25. The van der Waals surface area contributed by atoms with Gasteiger partial charge in [-0.25, -0.2) is 0 Å². The molecule has 0 unspecified atom stereocenters. The van der Waals surface area contributed by atoms with E-state index in [1.54, 1.807) is 0 Å². The maximum atomic E-state index is 11.9. The van der Waals surface area contributed by atoms with Gasteiger partial charge in [0.05, 0.1) is 11.5 Å². The van der Waals surface area contributed by atoms with Crippen LogP contribution in [0.2, 0.25) is 0 Å². The van der Waals surface area contributed by atoms with Crippen molar-refractivity contribution in [1.29, 1.82) is 0 Å². The molecule has 1 aromatic heterocycles. The molecule has 1 fully saturated rings. The van der Waals surface area contributed by atoms with Crippen molar-refractivity contribution >= 4 is 11.5 Å². The molecule has 1 aliphatic rings. The highest BCUT2D eigenvalue weighted by atomic mass is 16.6. The van der Waals surface area contributed by atoms with Gasteiger partial charge in [-0.2, -0.15) is 0 Å². The number of aromatic nitrogens is 1. The second kappa shape index (κ2) is 5.12. The lowest BCUT2D eigenvalue weighted by molar-refractivity contribution is -0.386. The number of hydrogen-bond donors (Lipinski definition) is 0. The Kier molecular flexibility index (Phi) is 3.55. The van der Waals surface area contributed by atoms with Crippen molar-refractivity contribution in [3.8, 4) is 0 Å². The molecule has 6 heteroatoms. The molecule has 96 valence electrons. The molecule has 18 heavy (non-hydrogen) atoms.